The molecule has 0 spiro atoms. The maximum atomic E-state index is 13.4. The number of benzene rings is 5. The lowest BCUT2D eigenvalue weighted by atomic mass is 9.92. The molecule has 0 aliphatic carbocycles. The first-order valence-electron chi connectivity index (χ1n) is 13.0. The molecule has 41 heavy (non-hydrogen) atoms. The summed E-state index contributed by atoms with van der Waals surface area (Å²) in [5, 5.41) is 11.8. The lowest BCUT2D eigenvalue weighted by Gasteiger charge is -2.12. The molecule has 6 heteroatoms. The van der Waals surface area contributed by atoms with E-state index in [0.29, 0.717) is 28.1 Å². The van der Waals surface area contributed by atoms with Crippen molar-refractivity contribution >= 4 is 39.3 Å². The summed E-state index contributed by atoms with van der Waals surface area (Å²) in [6.45, 7) is 7.83. The van der Waals surface area contributed by atoms with Crippen LogP contribution < -0.4 is 0 Å². The summed E-state index contributed by atoms with van der Waals surface area (Å²) in [6, 6.07) is 34.5. The van der Waals surface area contributed by atoms with Gasteiger partial charge in [-0.2, -0.15) is 5.26 Å². The second kappa shape index (κ2) is 9.05. The van der Waals surface area contributed by atoms with Crippen molar-refractivity contribution in [3.63, 3.8) is 0 Å². The number of nitrogens with zero attached hydrogens (tertiary/aromatic N) is 4. The molecule has 7 rings (SSSR count). The SMILES string of the molecule is [C-]#[N+]c1ccccc1-c1cccc2c1c1c(-c3ccccc3C#N)cccc1n2-c1cccc2c1C(=O)N(C)C2=O. The van der Waals surface area contributed by atoms with Gasteiger partial charge in [0.05, 0.1) is 46.1 Å². The third-order valence-electron chi connectivity index (χ3n) is 7.81. The molecule has 0 saturated carbocycles. The first-order valence-corrected chi connectivity index (χ1v) is 13.0. The summed E-state index contributed by atoms with van der Waals surface area (Å²) in [4.78, 5) is 31.2. The molecule has 0 unspecified atom stereocenters. The number of carbonyl (C=O) groups excluding carboxylic acids is 2. The van der Waals surface area contributed by atoms with Crippen molar-refractivity contribution < 1.29 is 9.59 Å². The van der Waals surface area contributed by atoms with Crippen LogP contribution >= 0.6 is 0 Å². The minimum Gasteiger partial charge on any atom is -0.308 e. The van der Waals surface area contributed by atoms with Crippen LogP contribution in [-0.2, 0) is 0 Å². The highest BCUT2D eigenvalue weighted by atomic mass is 16.2. The third kappa shape index (κ3) is 3.35. The van der Waals surface area contributed by atoms with Crippen LogP contribution in [0, 0.1) is 17.9 Å². The van der Waals surface area contributed by atoms with Gasteiger partial charge in [-0.1, -0.05) is 72.8 Å². The zero-order chi connectivity index (χ0) is 28.2. The van der Waals surface area contributed by atoms with E-state index in [0.717, 1.165) is 49.0 Å². The molecule has 2 heterocycles. The fraction of sp³-hybridized carbons (Fsp3) is 0.0286. The van der Waals surface area contributed by atoms with E-state index in [-0.39, 0.29) is 11.8 Å². The lowest BCUT2D eigenvalue weighted by Crippen LogP contribution is -2.24. The monoisotopic (exact) mass is 528 g/mol. The molecule has 6 nitrogen and oxygen atoms in total. The Morgan fingerprint density at radius 2 is 1.22 bits per heavy atom. The predicted molar refractivity (Wildman–Crippen MR) is 159 cm³/mol. The molecule has 192 valence electrons. The average molecular weight is 529 g/mol. The zero-order valence-corrected chi connectivity index (χ0v) is 21.9. The molecule has 5 aromatic carbocycles. The lowest BCUT2D eigenvalue weighted by molar-refractivity contribution is 0.0693. The number of hydrogen-bond acceptors (Lipinski definition) is 3. The van der Waals surface area contributed by atoms with E-state index >= 15 is 0 Å². The van der Waals surface area contributed by atoms with Gasteiger partial charge >= 0.3 is 0 Å². The number of fused-ring (bicyclic) bond motifs is 4. The molecule has 0 bridgehead atoms. The van der Waals surface area contributed by atoms with Gasteiger partial charge in [0.25, 0.3) is 11.8 Å². The topological polar surface area (TPSA) is 70.5 Å². The number of imide groups is 1. The van der Waals surface area contributed by atoms with E-state index in [1.54, 1.807) is 24.3 Å². The summed E-state index contributed by atoms with van der Waals surface area (Å²) >= 11 is 0. The van der Waals surface area contributed by atoms with Crippen LogP contribution in [0.3, 0.4) is 0 Å². The van der Waals surface area contributed by atoms with Crippen molar-refractivity contribution in [2.75, 3.05) is 7.05 Å². The third-order valence-corrected chi connectivity index (χ3v) is 7.81. The summed E-state index contributed by atoms with van der Waals surface area (Å²) < 4.78 is 2.02. The Morgan fingerprint density at radius 1 is 0.659 bits per heavy atom. The number of amides is 2. The number of hydrogen-bond donors (Lipinski definition) is 0. The van der Waals surface area contributed by atoms with E-state index in [1.807, 2.05) is 83.4 Å². The summed E-state index contributed by atoms with van der Waals surface area (Å²) in [5.74, 6) is -0.681. The summed E-state index contributed by atoms with van der Waals surface area (Å²) in [6.07, 6.45) is 0. The van der Waals surface area contributed by atoms with Crippen LogP contribution in [0.15, 0.2) is 103 Å². The van der Waals surface area contributed by atoms with Gasteiger partial charge in [-0.25, -0.2) is 4.85 Å². The van der Waals surface area contributed by atoms with Gasteiger partial charge in [-0.15, -0.1) is 0 Å². The Hall–Kier alpha value is -5.98. The molecule has 1 aliphatic heterocycles. The Balaban J connectivity index is 1.70. The van der Waals surface area contributed by atoms with Crippen molar-refractivity contribution in [2.45, 2.75) is 0 Å². The smallest absolute Gasteiger partial charge is 0.263 e. The second-order valence-corrected chi connectivity index (χ2v) is 9.89. The van der Waals surface area contributed by atoms with Crippen LogP contribution in [0.1, 0.15) is 26.3 Å². The Labute approximate surface area is 235 Å². The Kier molecular flexibility index (Phi) is 5.32. The highest BCUT2D eigenvalue weighted by Crippen LogP contribution is 2.45. The van der Waals surface area contributed by atoms with Gasteiger partial charge < -0.3 is 4.57 Å². The van der Waals surface area contributed by atoms with Gasteiger partial charge in [0.1, 0.15) is 0 Å². The number of para-hydroxylation sites is 1. The Morgan fingerprint density at radius 3 is 1.90 bits per heavy atom. The van der Waals surface area contributed by atoms with E-state index in [9.17, 15) is 14.9 Å². The molecule has 1 aromatic heterocycles. The number of aromatic nitrogens is 1. The van der Waals surface area contributed by atoms with Crippen molar-refractivity contribution in [3.8, 4) is 34.0 Å². The molecule has 2 amide bonds. The standard InChI is InChI=1S/C35H20N4O2/c1-37-27-16-6-5-12-23(27)25-14-8-18-29-32(25)31-24(22-11-4-3-10-21(22)20-36)13-7-17-28(31)39(29)30-19-9-15-26-33(30)35(41)38(2)34(26)40/h3-19H,2H3. The molecule has 1 aliphatic rings. The molecule has 0 saturated heterocycles. The Bertz CT molecular complexity index is 2080. The summed E-state index contributed by atoms with van der Waals surface area (Å²) in [7, 11) is 1.50. The summed E-state index contributed by atoms with van der Waals surface area (Å²) in [5.41, 5.74) is 7.35. The molecule has 0 radical (unpaired) electrons. The average Bonchev–Trinajstić information content (AvgIpc) is 3.48. The second-order valence-electron chi connectivity index (χ2n) is 9.89. The molecule has 0 atom stereocenters. The van der Waals surface area contributed by atoms with E-state index in [1.165, 1.54) is 7.05 Å². The predicted octanol–water partition coefficient (Wildman–Crippen LogP) is 7.77. The molecule has 6 aromatic rings. The van der Waals surface area contributed by atoms with Crippen molar-refractivity contribution in [2.24, 2.45) is 0 Å². The molecule has 0 N–H and O–H groups in total. The van der Waals surface area contributed by atoms with Gasteiger partial charge in [0, 0.05) is 23.4 Å². The van der Waals surface area contributed by atoms with Crippen molar-refractivity contribution in [1.82, 2.24) is 9.47 Å². The van der Waals surface area contributed by atoms with Crippen LogP contribution in [0.4, 0.5) is 5.69 Å². The first kappa shape index (κ1) is 24.1. The van der Waals surface area contributed by atoms with E-state index in [4.69, 9.17) is 6.57 Å². The molecule has 0 fully saturated rings. The van der Waals surface area contributed by atoms with Crippen LogP contribution in [-0.4, -0.2) is 28.3 Å². The highest BCUT2D eigenvalue weighted by molar-refractivity contribution is 6.25. The van der Waals surface area contributed by atoms with Crippen LogP contribution in [0.5, 0.6) is 0 Å². The molecular formula is C35H20N4O2. The fourth-order valence-corrected chi connectivity index (χ4v) is 6.00. The van der Waals surface area contributed by atoms with Crippen LogP contribution in [0.25, 0.3) is 54.6 Å². The quantitative estimate of drug-likeness (QED) is 0.174. The van der Waals surface area contributed by atoms with Crippen LogP contribution in [0.2, 0.25) is 0 Å². The minimum absolute atomic E-state index is 0.331. The minimum atomic E-state index is -0.351. The first-order chi connectivity index (χ1) is 20.0. The van der Waals surface area contributed by atoms with E-state index < -0.39 is 0 Å². The largest absolute Gasteiger partial charge is 0.308 e. The fourth-order valence-electron chi connectivity index (χ4n) is 6.00. The normalized spacial score (nSPS) is 12.5. The van der Waals surface area contributed by atoms with Gasteiger partial charge in [-0.05, 0) is 47.0 Å². The molecular weight excluding hydrogens is 508 g/mol. The zero-order valence-electron chi connectivity index (χ0n) is 21.9. The van der Waals surface area contributed by atoms with Gasteiger partial charge in [0.15, 0.2) is 5.69 Å². The van der Waals surface area contributed by atoms with Gasteiger partial charge in [0.2, 0.25) is 0 Å². The maximum Gasteiger partial charge on any atom is 0.263 e. The maximum absolute atomic E-state index is 13.4. The van der Waals surface area contributed by atoms with Crippen molar-refractivity contribution in [3.05, 3.63) is 131 Å². The number of carbonyl (C=O) groups is 2. The van der Waals surface area contributed by atoms with Gasteiger partial charge in [-0.3, -0.25) is 14.5 Å². The van der Waals surface area contributed by atoms with E-state index in [2.05, 4.69) is 10.9 Å². The van der Waals surface area contributed by atoms with Crippen molar-refractivity contribution in [1.29, 1.82) is 5.26 Å². The number of nitriles is 1. The number of rotatable bonds is 3. The highest BCUT2D eigenvalue weighted by Gasteiger charge is 2.36.